The van der Waals surface area contributed by atoms with Gasteiger partial charge in [-0.2, -0.15) is 0 Å². The Morgan fingerprint density at radius 3 is 2.45 bits per heavy atom. The van der Waals surface area contributed by atoms with Crippen molar-refractivity contribution >= 4 is 27.5 Å². The molecule has 0 amide bonds. The molecule has 1 aromatic rings. The van der Waals surface area contributed by atoms with Gasteiger partial charge in [0.2, 0.25) is 0 Å². The lowest BCUT2D eigenvalue weighted by atomic mass is 9.79. The fraction of sp³-hybridized carbons (Fsp3) is 0.625. The Morgan fingerprint density at radius 2 is 2.00 bits per heavy atom. The molecule has 2 nitrogen and oxygen atoms in total. The minimum atomic E-state index is -0.173. The molecule has 1 aliphatic heterocycles. The van der Waals surface area contributed by atoms with Crippen LogP contribution in [0.15, 0.2) is 22.7 Å². The zero-order valence-corrected chi connectivity index (χ0v) is 15.1. The summed E-state index contributed by atoms with van der Waals surface area (Å²) in [5, 5.41) is 4.23. The predicted molar refractivity (Wildman–Crippen MR) is 88.3 cm³/mol. The monoisotopic (exact) mass is 359 g/mol. The maximum Gasteiger partial charge on any atom is 0.0681 e. The van der Waals surface area contributed by atoms with Gasteiger partial charge in [-0.3, -0.25) is 0 Å². The Hall–Kier alpha value is -0.0900. The van der Waals surface area contributed by atoms with Crippen molar-refractivity contribution in [2.24, 2.45) is 5.92 Å². The quantitative estimate of drug-likeness (QED) is 0.823. The highest BCUT2D eigenvalue weighted by Crippen LogP contribution is 2.48. The van der Waals surface area contributed by atoms with Crippen LogP contribution in [0.25, 0.3) is 0 Å². The largest absolute Gasteiger partial charge is 0.369 e. The number of nitrogens with one attached hydrogen (secondary N) is 1. The second kappa shape index (κ2) is 5.60. The summed E-state index contributed by atoms with van der Waals surface area (Å²) < 4.78 is 7.23. The summed E-state index contributed by atoms with van der Waals surface area (Å²) in [6.07, 6.45) is 1.01. The van der Waals surface area contributed by atoms with Crippen LogP contribution in [-0.4, -0.2) is 18.2 Å². The third kappa shape index (κ3) is 3.22. The number of hydrogen-bond acceptors (Lipinski definition) is 2. The summed E-state index contributed by atoms with van der Waals surface area (Å²) in [6, 6.07) is 6.27. The summed E-state index contributed by atoms with van der Waals surface area (Å²) in [4.78, 5) is 0. The molecule has 1 heterocycles. The van der Waals surface area contributed by atoms with Crippen molar-refractivity contribution in [1.29, 1.82) is 0 Å². The van der Waals surface area contributed by atoms with E-state index < -0.39 is 0 Å². The average Bonchev–Trinajstić information content (AvgIpc) is 2.51. The zero-order valence-electron chi connectivity index (χ0n) is 12.8. The van der Waals surface area contributed by atoms with Gasteiger partial charge in [-0.25, -0.2) is 0 Å². The van der Waals surface area contributed by atoms with Crippen molar-refractivity contribution in [2.45, 2.75) is 51.4 Å². The molecule has 0 aromatic heterocycles. The maximum atomic E-state index is 6.43. The van der Waals surface area contributed by atoms with E-state index in [0.717, 1.165) is 21.5 Å². The van der Waals surface area contributed by atoms with Crippen molar-refractivity contribution in [2.75, 3.05) is 7.05 Å². The van der Waals surface area contributed by atoms with E-state index in [1.807, 2.05) is 19.2 Å². The van der Waals surface area contributed by atoms with E-state index in [9.17, 15) is 0 Å². The van der Waals surface area contributed by atoms with Gasteiger partial charge in [0.15, 0.2) is 0 Å². The Bertz CT molecular complexity index is 501. The molecular formula is C16H23BrClNO. The molecule has 0 spiro atoms. The molecule has 2 unspecified atom stereocenters. The van der Waals surface area contributed by atoms with Gasteiger partial charge in [0, 0.05) is 21.5 Å². The fourth-order valence-corrected chi connectivity index (χ4v) is 4.24. The second-order valence-corrected chi connectivity index (χ2v) is 8.03. The summed E-state index contributed by atoms with van der Waals surface area (Å²) >= 11 is 9.90. The maximum absolute atomic E-state index is 6.43. The molecule has 1 aliphatic rings. The molecule has 20 heavy (non-hydrogen) atoms. The van der Waals surface area contributed by atoms with Gasteiger partial charge in [-0.1, -0.05) is 33.6 Å². The smallest absolute Gasteiger partial charge is 0.0681 e. The third-order valence-corrected chi connectivity index (χ3v) is 4.98. The highest BCUT2D eigenvalue weighted by atomic mass is 79.9. The number of rotatable bonds is 3. The summed E-state index contributed by atoms with van der Waals surface area (Å²) in [7, 11) is 1.99. The van der Waals surface area contributed by atoms with Crippen LogP contribution in [0.5, 0.6) is 0 Å². The van der Waals surface area contributed by atoms with Crippen LogP contribution in [-0.2, 0) is 4.74 Å². The van der Waals surface area contributed by atoms with Crippen molar-refractivity contribution in [3.05, 3.63) is 33.3 Å². The number of hydrogen-bond donors (Lipinski definition) is 1. The van der Waals surface area contributed by atoms with Crippen LogP contribution < -0.4 is 5.32 Å². The molecule has 1 fully saturated rings. The van der Waals surface area contributed by atoms with Gasteiger partial charge in [-0.15, -0.1) is 0 Å². The minimum Gasteiger partial charge on any atom is -0.369 e. The van der Waals surface area contributed by atoms with E-state index in [0.29, 0.717) is 5.92 Å². The molecule has 0 saturated carbocycles. The van der Waals surface area contributed by atoms with Gasteiger partial charge in [0.05, 0.1) is 11.2 Å². The Morgan fingerprint density at radius 1 is 1.35 bits per heavy atom. The number of halogens is 2. The van der Waals surface area contributed by atoms with Gasteiger partial charge in [0.1, 0.15) is 0 Å². The van der Waals surface area contributed by atoms with Crippen LogP contribution in [0.4, 0.5) is 0 Å². The zero-order chi connectivity index (χ0) is 15.1. The fourth-order valence-electron chi connectivity index (χ4n) is 3.45. The first-order chi connectivity index (χ1) is 9.16. The van der Waals surface area contributed by atoms with Crippen LogP contribution >= 0.6 is 27.5 Å². The standard InChI is InChI=1S/C16H23BrClNO/c1-15(2)9-12(16(3,4)20-15)14(19-5)11-7-6-10(17)8-13(11)18/h6-8,12,14,19H,9H2,1-5H3. The number of ether oxygens (including phenoxy) is 1. The van der Waals surface area contributed by atoms with Gasteiger partial charge in [-0.05, 0) is 58.9 Å². The van der Waals surface area contributed by atoms with Crippen LogP contribution in [0, 0.1) is 5.92 Å². The van der Waals surface area contributed by atoms with Crippen molar-refractivity contribution < 1.29 is 4.74 Å². The molecule has 1 aromatic carbocycles. The molecule has 1 saturated heterocycles. The topological polar surface area (TPSA) is 21.3 Å². The lowest BCUT2D eigenvalue weighted by Crippen LogP contribution is -2.37. The van der Waals surface area contributed by atoms with E-state index in [2.05, 4.69) is 55.0 Å². The molecule has 2 atom stereocenters. The second-order valence-electron chi connectivity index (χ2n) is 6.71. The SMILES string of the molecule is CNC(c1ccc(Br)cc1Cl)C1CC(C)(C)OC1(C)C. The Balaban J connectivity index is 2.37. The van der Waals surface area contributed by atoms with Crippen LogP contribution in [0.1, 0.15) is 45.7 Å². The van der Waals surface area contributed by atoms with E-state index >= 15 is 0 Å². The number of benzene rings is 1. The summed E-state index contributed by atoms with van der Waals surface area (Å²) in [5.74, 6) is 0.376. The van der Waals surface area contributed by atoms with Gasteiger partial charge < -0.3 is 10.1 Å². The molecular weight excluding hydrogens is 338 g/mol. The van der Waals surface area contributed by atoms with Crippen LogP contribution in [0.2, 0.25) is 5.02 Å². The van der Waals surface area contributed by atoms with Gasteiger partial charge in [0.25, 0.3) is 0 Å². The first-order valence-corrected chi connectivity index (χ1v) is 8.16. The van der Waals surface area contributed by atoms with E-state index in [-0.39, 0.29) is 17.2 Å². The van der Waals surface area contributed by atoms with E-state index in [4.69, 9.17) is 16.3 Å². The first kappa shape index (κ1) is 16.3. The first-order valence-electron chi connectivity index (χ1n) is 6.99. The summed E-state index contributed by atoms with van der Waals surface area (Å²) in [5.41, 5.74) is 0.871. The lowest BCUT2D eigenvalue weighted by molar-refractivity contribution is -0.0776. The molecule has 0 radical (unpaired) electrons. The lowest BCUT2D eigenvalue weighted by Gasteiger charge is -2.33. The van der Waals surface area contributed by atoms with Crippen molar-refractivity contribution in [1.82, 2.24) is 5.32 Å². The van der Waals surface area contributed by atoms with Gasteiger partial charge >= 0.3 is 0 Å². The molecule has 1 N–H and O–H groups in total. The predicted octanol–water partition coefficient (Wildman–Crippen LogP) is 4.96. The Kier molecular flexibility index (Phi) is 4.56. The normalized spacial score (nSPS) is 25.6. The Labute approximate surface area is 135 Å². The van der Waals surface area contributed by atoms with E-state index in [1.54, 1.807) is 0 Å². The molecule has 4 heteroatoms. The van der Waals surface area contributed by atoms with E-state index in [1.165, 1.54) is 0 Å². The van der Waals surface area contributed by atoms with Crippen molar-refractivity contribution in [3.63, 3.8) is 0 Å². The minimum absolute atomic E-state index is 0.0922. The molecule has 0 aliphatic carbocycles. The summed E-state index contributed by atoms with van der Waals surface area (Å²) in [6.45, 7) is 8.66. The highest BCUT2D eigenvalue weighted by molar-refractivity contribution is 9.10. The third-order valence-electron chi connectivity index (χ3n) is 4.15. The molecule has 0 bridgehead atoms. The highest BCUT2D eigenvalue weighted by Gasteiger charge is 2.49. The molecule has 2 rings (SSSR count). The van der Waals surface area contributed by atoms with Crippen molar-refractivity contribution in [3.8, 4) is 0 Å². The average molecular weight is 361 g/mol. The van der Waals surface area contributed by atoms with Crippen LogP contribution in [0.3, 0.4) is 0 Å². The molecule has 112 valence electrons.